The monoisotopic (exact) mass is 352 g/mol. The number of hydrogen-bond acceptors (Lipinski definition) is 5. The molecule has 0 radical (unpaired) electrons. The van der Waals surface area contributed by atoms with Gasteiger partial charge in [0.05, 0.1) is 18.9 Å². The molecule has 0 aliphatic heterocycles. The van der Waals surface area contributed by atoms with Crippen molar-refractivity contribution in [3.8, 4) is 0 Å². The van der Waals surface area contributed by atoms with Gasteiger partial charge in [-0.15, -0.1) is 5.10 Å². The lowest BCUT2D eigenvalue weighted by molar-refractivity contribution is -0.125. The quantitative estimate of drug-likeness (QED) is 0.659. The van der Waals surface area contributed by atoms with Crippen molar-refractivity contribution < 1.29 is 14.3 Å². The maximum absolute atomic E-state index is 11.7. The van der Waals surface area contributed by atoms with Crippen molar-refractivity contribution >= 4 is 11.7 Å². The first kappa shape index (κ1) is 21.3. The number of carbonyl (C=O) groups excluding carboxylic acids is 2. The van der Waals surface area contributed by atoms with Crippen LogP contribution in [0.15, 0.2) is 6.20 Å². The lowest BCUT2D eigenvalue weighted by Crippen LogP contribution is -2.38. The molecule has 1 rings (SSSR count). The molecule has 7 heteroatoms. The molecular weight excluding hydrogens is 320 g/mol. The van der Waals surface area contributed by atoms with Crippen LogP contribution in [0.5, 0.6) is 0 Å². The molecule has 0 fully saturated rings. The number of ether oxygens (including phenoxy) is 1. The van der Waals surface area contributed by atoms with E-state index < -0.39 is 0 Å². The third-order valence-electron chi connectivity index (χ3n) is 3.70. The average Bonchev–Trinajstić information content (AvgIpc) is 2.86. The van der Waals surface area contributed by atoms with Gasteiger partial charge in [-0.2, -0.15) is 0 Å². The minimum Gasteiger partial charge on any atom is -0.380 e. The van der Waals surface area contributed by atoms with Crippen molar-refractivity contribution in [1.29, 1.82) is 0 Å². The van der Waals surface area contributed by atoms with Gasteiger partial charge in [0, 0.05) is 43.0 Å². The van der Waals surface area contributed by atoms with E-state index in [0.29, 0.717) is 26.2 Å². The molecule has 0 atom stereocenters. The Morgan fingerprint density at radius 2 is 1.80 bits per heavy atom. The van der Waals surface area contributed by atoms with E-state index in [1.165, 1.54) is 6.92 Å². The number of ketones is 1. The number of carbonyl (C=O) groups is 2. The van der Waals surface area contributed by atoms with Crippen molar-refractivity contribution in [3.63, 3.8) is 0 Å². The van der Waals surface area contributed by atoms with E-state index in [9.17, 15) is 9.59 Å². The third-order valence-corrected chi connectivity index (χ3v) is 3.70. The smallest absolute Gasteiger partial charge is 0.220 e. The predicted octanol–water partition coefficient (Wildman–Crippen LogP) is 2.14. The van der Waals surface area contributed by atoms with Gasteiger partial charge in [0.15, 0.2) is 0 Å². The van der Waals surface area contributed by atoms with Gasteiger partial charge in [-0.05, 0) is 13.8 Å². The Morgan fingerprint density at radius 1 is 1.16 bits per heavy atom. The van der Waals surface area contributed by atoms with Crippen LogP contribution in [-0.4, -0.2) is 46.4 Å². The van der Waals surface area contributed by atoms with E-state index >= 15 is 0 Å². The molecular formula is C18H32N4O3. The molecule has 0 saturated heterocycles. The fraction of sp³-hybridized carbons (Fsp3) is 0.778. The molecule has 0 aromatic carbocycles. The van der Waals surface area contributed by atoms with Crippen molar-refractivity contribution in [1.82, 2.24) is 20.3 Å². The van der Waals surface area contributed by atoms with Gasteiger partial charge in [-0.3, -0.25) is 9.48 Å². The molecule has 1 heterocycles. The lowest BCUT2D eigenvalue weighted by atomic mass is 9.93. The normalized spacial score (nSPS) is 12.2. The largest absolute Gasteiger partial charge is 0.380 e. The van der Waals surface area contributed by atoms with Crippen LogP contribution in [-0.2, 0) is 20.9 Å². The summed E-state index contributed by atoms with van der Waals surface area (Å²) < 4.78 is 7.74. The molecule has 25 heavy (non-hydrogen) atoms. The second-order valence-electron chi connectivity index (χ2n) is 8.36. The highest BCUT2D eigenvalue weighted by Crippen LogP contribution is 2.21. The summed E-state index contributed by atoms with van der Waals surface area (Å²) in [6, 6.07) is 0. The number of amides is 1. The van der Waals surface area contributed by atoms with Gasteiger partial charge in [0.25, 0.3) is 0 Å². The highest BCUT2D eigenvalue weighted by Gasteiger charge is 2.24. The summed E-state index contributed by atoms with van der Waals surface area (Å²) >= 11 is 0. The Hall–Kier alpha value is -1.76. The standard InChI is InChI=1S/C18H32N4O3/c1-14-9-22(21-20-14)11-18(5,6)13-25-12-17(3,4)10-19-16(24)8-7-15(2)23/h9H,7-8,10-13H2,1-6H3,(H,19,24). The van der Waals surface area contributed by atoms with Gasteiger partial charge in [0.2, 0.25) is 5.91 Å². The number of nitrogens with one attached hydrogen (secondary N) is 1. The van der Waals surface area contributed by atoms with Gasteiger partial charge in [-0.1, -0.05) is 32.9 Å². The molecule has 1 N–H and O–H groups in total. The first-order valence-corrected chi connectivity index (χ1v) is 8.70. The maximum Gasteiger partial charge on any atom is 0.220 e. The molecule has 1 aromatic rings. The maximum atomic E-state index is 11.7. The Kier molecular flexibility index (Phi) is 7.73. The fourth-order valence-corrected chi connectivity index (χ4v) is 2.33. The Balaban J connectivity index is 2.32. The number of hydrogen-bond donors (Lipinski definition) is 1. The second kappa shape index (κ2) is 9.08. The number of aromatic nitrogens is 3. The third kappa shape index (κ3) is 9.34. The number of rotatable bonds is 11. The van der Waals surface area contributed by atoms with Crippen molar-refractivity contribution in [2.24, 2.45) is 10.8 Å². The molecule has 7 nitrogen and oxygen atoms in total. The van der Waals surface area contributed by atoms with E-state index in [1.807, 2.05) is 31.6 Å². The molecule has 0 unspecified atom stereocenters. The minimum atomic E-state index is -0.175. The van der Waals surface area contributed by atoms with Crippen LogP contribution in [0.1, 0.15) is 53.2 Å². The fourth-order valence-electron chi connectivity index (χ4n) is 2.33. The Labute approximate surface area is 150 Å². The Morgan fingerprint density at radius 3 is 2.36 bits per heavy atom. The summed E-state index contributed by atoms with van der Waals surface area (Å²) in [7, 11) is 0. The van der Waals surface area contributed by atoms with Gasteiger partial charge >= 0.3 is 0 Å². The van der Waals surface area contributed by atoms with E-state index in [2.05, 4.69) is 29.5 Å². The summed E-state index contributed by atoms with van der Waals surface area (Å²) in [5.74, 6) is -0.0623. The van der Waals surface area contributed by atoms with Crippen LogP contribution in [0.4, 0.5) is 0 Å². The van der Waals surface area contributed by atoms with Crippen LogP contribution in [0.2, 0.25) is 0 Å². The summed E-state index contributed by atoms with van der Waals surface area (Å²) in [6.07, 6.45) is 2.46. The molecule has 0 saturated carbocycles. The summed E-state index contributed by atoms with van der Waals surface area (Å²) in [6.45, 7) is 14.1. The van der Waals surface area contributed by atoms with Gasteiger partial charge in [0.1, 0.15) is 5.78 Å². The van der Waals surface area contributed by atoms with Gasteiger partial charge < -0.3 is 14.8 Å². The molecule has 0 aliphatic rings. The predicted molar refractivity (Wildman–Crippen MR) is 96.1 cm³/mol. The molecule has 0 aliphatic carbocycles. The van der Waals surface area contributed by atoms with Gasteiger partial charge in [-0.25, -0.2) is 0 Å². The molecule has 0 bridgehead atoms. The van der Waals surface area contributed by atoms with Crippen LogP contribution < -0.4 is 5.32 Å². The number of aryl methyl sites for hydroxylation is 1. The zero-order chi connectivity index (χ0) is 19.1. The highest BCUT2D eigenvalue weighted by molar-refractivity contribution is 5.83. The van der Waals surface area contributed by atoms with E-state index in [-0.39, 0.29) is 28.9 Å². The van der Waals surface area contributed by atoms with Crippen molar-refractivity contribution in [2.75, 3.05) is 19.8 Å². The topological polar surface area (TPSA) is 86.1 Å². The summed E-state index contributed by atoms with van der Waals surface area (Å²) in [4.78, 5) is 22.6. The zero-order valence-corrected chi connectivity index (χ0v) is 16.4. The SMILES string of the molecule is CC(=O)CCC(=O)NCC(C)(C)COCC(C)(C)Cn1cc(C)nn1. The average molecular weight is 352 g/mol. The number of Topliss-reactive ketones (excluding diaryl/α,β-unsaturated/α-hetero) is 1. The second-order valence-corrected chi connectivity index (χ2v) is 8.36. The molecule has 142 valence electrons. The highest BCUT2D eigenvalue weighted by atomic mass is 16.5. The van der Waals surface area contributed by atoms with E-state index in [1.54, 1.807) is 0 Å². The van der Waals surface area contributed by atoms with Crippen molar-refractivity contribution in [3.05, 3.63) is 11.9 Å². The first-order valence-electron chi connectivity index (χ1n) is 8.70. The number of nitrogens with zero attached hydrogens (tertiary/aromatic N) is 3. The molecule has 1 aromatic heterocycles. The molecule has 1 amide bonds. The summed E-state index contributed by atoms with van der Waals surface area (Å²) in [5.41, 5.74) is 0.658. The summed E-state index contributed by atoms with van der Waals surface area (Å²) in [5, 5.41) is 10.9. The van der Waals surface area contributed by atoms with E-state index in [0.717, 1.165) is 12.2 Å². The Bertz CT molecular complexity index is 579. The minimum absolute atomic E-state index is 0.0301. The van der Waals surface area contributed by atoms with Crippen LogP contribution >= 0.6 is 0 Å². The first-order chi connectivity index (χ1) is 11.5. The van der Waals surface area contributed by atoms with Crippen LogP contribution in [0.25, 0.3) is 0 Å². The lowest BCUT2D eigenvalue weighted by Gasteiger charge is -2.29. The van der Waals surface area contributed by atoms with Crippen molar-refractivity contribution in [2.45, 2.75) is 60.9 Å². The van der Waals surface area contributed by atoms with Crippen LogP contribution in [0, 0.1) is 17.8 Å². The van der Waals surface area contributed by atoms with E-state index in [4.69, 9.17) is 4.74 Å². The van der Waals surface area contributed by atoms with Crippen LogP contribution in [0.3, 0.4) is 0 Å². The molecule has 0 spiro atoms. The zero-order valence-electron chi connectivity index (χ0n) is 16.4.